The minimum absolute atomic E-state index is 0.916. The van der Waals surface area contributed by atoms with Gasteiger partial charge in [0.1, 0.15) is 0 Å². The van der Waals surface area contributed by atoms with Crippen LogP contribution in [0.4, 0.5) is 5.69 Å². The molecule has 0 amide bonds. The first-order chi connectivity index (χ1) is 5.90. The number of benzene rings is 1. The van der Waals surface area contributed by atoms with Gasteiger partial charge in [0.05, 0.1) is 5.69 Å². The second kappa shape index (κ2) is 3.15. The van der Waals surface area contributed by atoms with Gasteiger partial charge in [-0.05, 0) is 36.8 Å². The van der Waals surface area contributed by atoms with E-state index in [-0.39, 0.29) is 0 Å². The van der Waals surface area contributed by atoms with Gasteiger partial charge in [0.25, 0.3) is 0 Å². The van der Waals surface area contributed by atoms with Crippen LogP contribution in [-0.2, 0) is 6.42 Å². The molecular formula is C10H14N2. The van der Waals surface area contributed by atoms with Crippen LogP contribution < -0.4 is 11.3 Å². The van der Waals surface area contributed by atoms with Crippen LogP contribution in [0.25, 0.3) is 0 Å². The Morgan fingerprint density at radius 1 is 1.33 bits per heavy atom. The van der Waals surface area contributed by atoms with Gasteiger partial charge in [-0.25, -0.2) is 0 Å². The van der Waals surface area contributed by atoms with Crippen LogP contribution >= 0.6 is 0 Å². The van der Waals surface area contributed by atoms with Gasteiger partial charge in [0, 0.05) is 0 Å². The summed E-state index contributed by atoms with van der Waals surface area (Å²) in [5.74, 6) is 6.31. The first-order valence-corrected chi connectivity index (χ1v) is 4.44. The minimum atomic E-state index is 0.916. The average Bonchev–Trinajstić information content (AvgIpc) is 2.89. The molecule has 3 N–H and O–H groups in total. The zero-order valence-corrected chi connectivity index (χ0v) is 7.09. The summed E-state index contributed by atoms with van der Waals surface area (Å²) in [6, 6.07) is 8.25. The average molecular weight is 162 g/mol. The molecule has 1 aromatic rings. The molecule has 0 unspecified atom stereocenters. The van der Waals surface area contributed by atoms with Crippen LogP contribution in [0.2, 0.25) is 0 Å². The van der Waals surface area contributed by atoms with Crippen LogP contribution in [0.5, 0.6) is 0 Å². The minimum Gasteiger partial charge on any atom is -0.324 e. The van der Waals surface area contributed by atoms with Crippen LogP contribution in [-0.4, -0.2) is 0 Å². The Balaban J connectivity index is 2.15. The number of para-hydroxylation sites is 1. The Bertz CT molecular complexity index is 266. The van der Waals surface area contributed by atoms with Crippen molar-refractivity contribution in [1.29, 1.82) is 0 Å². The van der Waals surface area contributed by atoms with Crippen molar-refractivity contribution in [1.82, 2.24) is 0 Å². The summed E-state index contributed by atoms with van der Waals surface area (Å²) in [5.41, 5.74) is 5.15. The number of nitrogens with one attached hydrogen (secondary N) is 1. The van der Waals surface area contributed by atoms with Gasteiger partial charge in [0.2, 0.25) is 0 Å². The predicted octanol–water partition coefficient (Wildman–Crippen LogP) is 1.92. The number of hydrogen-bond acceptors (Lipinski definition) is 2. The molecule has 1 aliphatic carbocycles. The molecule has 0 aromatic heterocycles. The molecule has 12 heavy (non-hydrogen) atoms. The Morgan fingerprint density at radius 2 is 2.08 bits per heavy atom. The molecule has 0 atom stereocenters. The van der Waals surface area contributed by atoms with E-state index in [4.69, 9.17) is 5.84 Å². The van der Waals surface area contributed by atoms with Crippen molar-refractivity contribution in [2.75, 3.05) is 5.43 Å². The van der Waals surface area contributed by atoms with Crippen LogP contribution in [0.15, 0.2) is 24.3 Å². The van der Waals surface area contributed by atoms with Gasteiger partial charge in [-0.15, -0.1) is 0 Å². The molecule has 0 aliphatic heterocycles. The fraction of sp³-hybridized carbons (Fsp3) is 0.400. The SMILES string of the molecule is NNc1ccccc1CC1CC1. The number of hydrazine groups is 1. The summed E-state index contributed by atoms with van der Waals surface area (Å²) in [6.45, 7) is 0. The lowest BCUT2D eigenvalue weighted by molar-refractivity contribution is 0.833. The van der Waals surface area contributed by atoms with Crippen molar-refractivity contribution in [2.45, 2.75) is 19.3 Å². The van der Waals surface area contributed by atoms with Gasteiger partial charge in [-0.1, -0.05) is 18.2 Å². The monoisotopic (exact) mass is 162 g/mol. The summed E-state index contributed by atoms with van der Waals surface area (Å²) in [4.78, 5) is 0. The highest BCUT2D eigenvalue weighted by Crippen LogP contribution is 2.34. The van der Waals surface area contributed by atoms with E-state index in [1.54, 1.807) is 0 Å². The van der Waals surface area contributed by atoms with Gasteiger partial charge in [-0.2, -0.15) is 0 Å². The third-order valence-electron chi connectivity index (χ3n) is 2.38. The van der Waals surface area contributed by atoms with E-state index < -0.39 is 0 Å². The van der Waals surface area contributed by atoms with Crippen molar-refractivity contribution in [3.05, 3.63) is 29.8 Å². The maximum absolute atomic E-state index is 5.40. The zero-order chi connectivity index (χ0) is 8.39. The molecule has 1 fully saturated rings. The molecule has 0 saturated heterocycles. The van der Waals surface area contributed by atoms with E-state index in [1.807, 2.05) is 12.1 Å². The second-order valence-corrected chi connectivity index (χ2v) is 3.45. The molecule has 2 heteroatoms. The van der Waals surface area contributed by atoms with Crippen molar-refractivity contribution < 1.29 is 0 Å². The normalized spacial score (nSPS) is 16.1. The van der Waals surface area contributed by atoms with Gasteiger partial charge in [0.15, 0.2) is 0 Å². The lowest BCUT2D eigenvalue weighted by atomic mass is 10.1. The number of nitrogens with two attached hydrogens (primary N) is 1. The number of rotatable bonds is 3. The van der Waals surface area contributed by atoms with Gasteiger partial charge in [-0.3, -0.25) is 5.84 Å². The third kappa shape index (κ3) is 1.59. The second-order valence-electron chi connectivity index (χ2n) is 3.45. The summed E-state index contributed by atoms with van der Waals surface area (Å²) >= 11 is 0. The highest BCUT2D eigenvalue weighted by molar-refractivity contribution is 5.50. The zero-order valence-electron chi connectivity index (χ0n) is 7.09. The van der Waals surface area contributed by atoms with Crippen LogP contribution in [0.1, 0.15) is 18.4 Å². The van der Waals surface area contributed by atoms with Gasteiger partial charge >= 0.3 is 0 Å². The van der Waals surface area contributed by atoms with Gasteiger partial charge < -0.3 is 5.43 Å². The smallest absolute Gasteiger partial charge is 0.0517 e. The fourth-order valence-corrected chi connectivity index (χ4v) is 1.47. The summed E-state index contributed by atoms with van der Waals surface area (Å²) in [6.07, 6.45) is 3.96. The molecule has 0 bridgehead atoms. The number of anilines is 1. The number of nitrogen functional groups attached to an aromatic ring is 1. The van der Waals surface area contributed by atoms with Crippen molar-refractivity contribution in [2.24, 2.45) is 11.8 Å². The Labute approximate surface area is 72.7 Å². The third-order valence-corrected chi connectivity index (χ3v) is 2.38. The summed E-state index contributed by atoms with van der Waals surface area (Å²) < 4.78 is 0. The van der Waals surface area contributed by atoms with E-state index in [9.17, 15) is 0 Å². The maximum Gasteiger partial charge on any atom is 0.0517 e. The van der Waals surface area contributed by atoms with Crippen molar-refractivity contribution in [3.63, 3.8) is 0 Å². The van der Waals surface area contributed by atoms with E-state index in [0.29, 0.717) is 0 Å². The molecule has 1 aromatic carbocycles. The lowest BCUT2D eigenvalue weighted by Crippen LogP contribution is -2.09. The molecule has 0 heterocycles. The summed E-state index contributed by atoms with van der Waals surface area (Å²) in [7, 11) is 0. The quantitative estimate of drug-likeness (QED) is 0.526. The Kier molecular flexibility index (Phi) is 2.00. The first-order valence-electron chi connectivity index (χ1n) is 4.44. The van der Waals surface area contributed by atoms with E-state index in [1.165, 1.54) is 24.8 Å². The first kappa shape index (κ1) is 7.62. The topological polar surface area (TPSA) is 38.0 Å². The summed E-state index contributed by atoms with van der Waals surface area (Å²) in [5, 5.41) is 0. The standard InChI is InChI=1S/C10H14N2/c11-12-10-4-2-1-3-9(10)7-8-5-6-8/h1-4,8,12H,5-7,11H2. The fourth-order valence-electron chi connectivity index (χ4n) is 1.47. The molecule has 0 spiro atoms. The largest absolute Gasteiger partial charge is 0.324 e. The van der Waals surface area contributed by atoms with Crippen LogP contribution in [0.3, 0.4) is 0 Å². The molecule has 2 rings (SSSR count). The molecular weight excluding hydrogens is 148 g/mol. The van der Waals surface area contributed by atoms with E-state index in [0.717, 1.165) is 11.6 Å². The highest BCUT2D eigenvalue weighted by atomic mass is 15.2. The van der Waals surface area contributed by atoms with Crippen molar-refractivity contribution >= 4 is 5.69 Å². The molecule has 1 aliphatic rings. The Hall–Kier alpha value is -1.02. The predicted molar refractivity (Wildman–Crippen MR) is 50.7 cm³/mol. The van der Waals surface area contributed by atoms with Crippen LogP contribution in [0, 0.1) is 5.92 Å². The molecule has 1 saturated carbocycles. The van der Waals surface area contributed by atoms with Crippen molar-refractivity contribution in [3.8, 4) is 0 Å². The lowest BCUT2D eigenvalue weighted by Gasteiger charge is -2.06. The maximum atomic E-state index is 5.40. The number of hydrogen-bond donors (Lipinski definition) is 2. The highest BCUT2D eigenvalue weighted by Gasteiger charge is 2.22. The molecule has 64 valence electrons. The Morgan fingerprint density at radius 3 is 2.75 bits per heavy atom. The van der Waals surface area contributed by atoms with E-state index in [2.05, 4.69) is 17.6 Å². The molecule has 0 radical (unpaired) electrons. The molecule has 2 nitrogen and oxygen atoms in total. The van der Waals surface area contributed by atoms with E-state index >= 15 is 0 Å².